The van der Waals surface area contributed by atoms with Gasteiger partial charge in [-0.1, -0.05) is 0 Å². The number of alkyl carbamates (subject to hydrolysis) is 1. The Kier molecular flexibility index (Phi) is 3.10. The van der Waals surface area contributed by atoms with Gasteiger partial charge in [-0.2, -0.15) is 0 Å². The third-order valence-corrected chi connectivity index (χ3v) is 3.98. The summed E-state index contributed by atoms with van der Waals surface area (Å²) in [5.74, 6) is 0. The van der Waals surface area contributed by atoms with Crippen LogP contribution in [0, 0.1) is 0 Å². The summed E-state index contributed by atoms with van der Waals surface area (Å²) in [6, 6.07) is 0.638. The second-order valence-corrected chi connectivity index (χ2v) is 6.35. The van der Waals surface area contributed by atoms with Crippen molar-refractivity contribution in [3.05, 3.63) is 0 Å². The number of nitrogens with one attached hydrogen (secondary N) is 1. The van der Waals surface area contributed by atoms with Crippen LogP contribution >= 0.6 is 0 Å². The largest absolute Gasteiger partial charge is 0.444 e. The minimum absolute atomic E-state index is 0.148. The zero-order valence-electron chi connectivity index (χ0n) is 11.4. The highest BCUT2D eigenvalue weighted by atomic mass is 16.6. The fourth-order valence-electron chi connectivity index (χ4n) is 3.10. The van der Waals surface area contributed by atoms with Gasteiger partial charge in [0, 0.05) is 6.04 Å². The maximum atomic E-state index is 11.9. The summed E-state index contributed by atoms with van der Waals surface area (Å²) in [7, 11) is 2.12. The van der Waals surface area contributed by atoms with Crippen LogP contribution in [0.2, 0.25) is 0 Å². The van der Waals surface area contributed by atoms with Crippen LogP contribution < -0.4 is 5.32 Å². The molecule has 0 spiro atoms. The van der Waals surface area contributed by atoms with Crippen molar-refractivity contribution in [2.45, 2.75) is 70.2 Å². The molecular weight excluding hydrogens is 216 g/mol. The number of hydrogen-bond acceptors (Lipinski definition) is 3. The molecule has 4 heteroatoms. The van der Waals surface area contributed by atoms with E-state index < -0.39 is 5.60 Å². The average Bonchev–Trinajstić information content (AvgIpc) is 2.38. The molecule has 1 N–H and O–H groups in total. The normalized spacial score (nSPS) is 33.5. The van der Waals surface area contributed by atoms with E-state index >= 15 is 0 Å². The topological polar surface area (TPSA) is 41.6 Å². The number of carbonyl (C=O) groups is 1. The lowest BCUT2D eigenvalue weighted by atomic mass is 9.98. The quantitative estimate of drug-likeness (QED) is 0.765. The highest BCUT2D eigenvalue weighted by molar-refractivity contribution is 5.68. The maximum Gasteiger partial charge on any atom is 0.409 e. The molecule has 2 bridgehead atoms. The van der Waals surface area contributed by atoms with Gasteiger partial charge >= 0.3 is 6.09 Å². The van der Waals surface area contributed by atoms with Gasteiger partial charge in [-0.25, -0.2) is 4.79 Å². The summed E-state index contributed by atoms with van der Waals surface area (Å²) < 4.78 is 5.36. The molecule has 0 aliphatic carbocycles. The third-order valence-electron chi connectivity index (χ3n) is 3.98. The lowest BCUT2D eigenvalue weighted by Crippen LogP contribution is -2.59. The molecule has 2 atom stereocenters. The second kappa shape index (κ2) is 4.16. The number of piperidine rings is 1. The molecule has 0 aromatic heterocycles. The first kappa shape index (κ1) is 12.7. The molecule has 4 nitrogen and oxygen atoms in total. The summed E-state index contributed by atoms with van der Waals surface area (Å²) in [6.07, 6.45) is 5.45. The Labute approximate surface area is 104 Å². The number of hydrogen-bond donors (Lipinski definition) is 1. The highest BCUT2D eigenvalue weighted by Crippen LogP contribution is 2.41. The lowest BCUT2D eigenvalue weighted by Gasteiger charge is -2.43. The highest BCUT2D eigenvalue weighted by Gasteiger charge is 2.48. The van der Waals surface area contributed by atoms with Gasteiger partial charge in [0.2, 0.25) is 0 Å². The minimum Gasteiger partial charge on any atom is -0.444 e. The van der Waals surface area contributed by atoms with Crippen LogP contribution in [-0.2, 0) is 4.74 Å². The van der Waals surface area contributed by atoms with E-state index in [4.69, 9.17) is 4.74 Å². The standard InChI is InChI=1S/C13H24N2O2/c1-12(2,3)17-11(16)14-13-8-5-6-10(7-9-13)15(13)4/h10H,5-9H2,1-4H3,(H,14,16)/t10-,13-/m1/s1. The smallest absolute Gasteiger partial charge is 0.409 e. The minimum atomic E-state index is -0.425. The summed E-state index contributed by atoms with van der Waals surface area (Å²) in [5, 5.41) is 3.09. The van der Waals surface area contributed by atoms with Crippen LogP contribution in [0.1, 0.15) is 52.9 Å². The first-order valence-corrected chi connectivity index (χ1v) is 6.56. The van der Waals surface area contributed by atoms with Crippen LogP contribution in [0.4, 0.5) is 4.79 Å². The number of carbonyl (C=O) groups excluding carboxylic acids is 1. The van der Waals surface area contributed by atoms with E-state index in [2.05, 4.69) is 17.3 Å². The maximum absolute atomic E-state index is 11.9. The van der Waals surface area contributed by atoms with Crippen molar-refractivity contribution in [1.82, 2.24) is 10.2 Å². The predicted octanol–water partition coefficient (Wildman–Crippen LogP) is 2.49. The van der Waals surface area contributed by atoms with Crippen molar-refractivity contribution in [3.8, 4) is 0 Å². The third kappa shape index (κ3) is 2.57. The van der Waals surface area contributed by atoms with E-state index in [1.807, 2.05) is 20.8 Å². The van der Waals surface area contributed by atoms with Gasteiger partial charge in [-0.05, 0) is 59.9 Å². The van der Waals surface area contributed by atoms with E-state index in [1.54, 1.807) is 0 Å². The van der Waals surface area contributed by atoms with E-state index in [0.29, 0.717) is 6.04 Å². The molecule has 0 aromatic rings. The first-order valence-electron chi connectivity index (χ1n) is 6.56. The summed E-state index contributed by atoms with van der Waals surface area (Å²) in [6.45, 7) is 5.69. The van der Waals surface area contributed by atoms with Gasteiger partial charge in [0.1, 0.15) is 5.60 Å². The first-order chi connectivity index (χ1) is 7.82. The molecule has 2 saturated heterocycles. The van der Waals surface area contributed by atoms with Gasteiger partial charge in [-0.3, -0.25) is 4.90 Å². The van der Waals surface area contributed by atoms with Gasteiger partial charge in [-0.15, -0.1) is 0 Å². The average molecular weight is 240 g/mol. The zero-order valence-corrected chi connectivity index (χ0v) is 11.4. The van der Waals surface area contributed by atoms with Crippen molar-refractivity contribution in [1.29, 1.82) is 0 Å². The van der Waals surface area contributed by atoms with Crippen LogP contribution in [0.3, 0.4) is 0 Å². The number of ether oxygens (including phenoxy) is 1. The lowest BCUT2D eigenvalue weighted by molar-refractivity contribution is 0.0138. The summed E-state index contributed by atoms with van der Waals surface area (Å²) in [4.78, 5) is 14.2. The van der Waals surface area contributed by atoms with Crippen LogP contribution in [0.15, 0.2) is 0 Å². The van der Waals surface area contributed by atoms with Crippen molar-refractivity contribution >= 4 is 6.09 Å². The zero-order chi connectivity index (χ0) is 12.7. The second-order valence-electron chi connectivity index (χ2n) is 6.35. The summed E-state index contributed by atoms with van der Waals surface area (Å²) >= 11 is 0. The van der Waals surface area contributed by atoms with Crippen LogP contribution in [0.5, 0.6) is 0 Å². The molecule has 2 aliphatic rings. The Morgan fingerprint density at radius 1 is 1.35 bits per heavy atom. The fraction of sp³-hybridized carbons (Fsp3) is 0.923. The molecule has 98 valence electrons. The molecule has 2 fully saturated rings. The Morgan fingerprint density at radius 3 is 2.71 bits per heavy atom. The number of amides is 1. The molecule has 0 saturated carbocycles. The number of nitrogens with zero attached hydrogens (tertiary/aromatic N) is 1. The number of rotatable bonds is 1. The van der Waals surface area contributed by atoms with Gasteiger partial charge in [0.05, 0.1) is 5.66 Å². The van der Waals surface area contributed by atoms with E-state index in [1.165, 1.54) is 19.3 Å². The van der Waals surface area contributed by atoms with Crippen molar-refractivity contribution < 1.29 is 9.53 Å². The number of fused-ring (bicyclic) bond motifs is 2. The van der Waals surface area contributed by atoms with Crippen LogP contribution in [-0.4, -0.2) is 35.3 Å². The fourth-order valence-corrected chi connectivity index (χ4v) is 3.10. The van der Waals surface area contributed by atoms with E-state index in [9.17, 15) is 4.79 Å². The molecule has 2 aliphatic heterocycles. The van der Waals surface area contributed by atoms with Gasteiger partial charge < -0.3 is 10.1 Å². The molecule has 0 unspecified atom stereocenters. The molecule has 2 rings (SSSR count). The van der Waals surface area contributed by atoms with Gasteiger partial charge in [0.25, 0.3) is 0 Å². The monoisotopic (exact) mass is 240 g/mol. The van der Waals surface area contributed by atoms with Gasteiger partial charge in [0.15, 0.2) is 0 Å². The molecule has 0 radical (unpaired) electrons. The van der Waals surface area contributed by atoms with Crippen molar-refractivity contribution in [2.24, 2.45) is 0 Å². The van der Waals surface area contributed by atoms with Crippen LogP contribution in [0.25, 0.3) is 0 Å². The molecule has 17 heavy (non-hydrogen) atoms. The van der Waals surface area contributed by atoms with Crippen molar-refractivity contribution in [2.75, 3.05) is 7.05 Å². The Hall–Kier alpha value is -0.770. The molecule has 1 amide bonds. The molecule has 2 heterocycles. The Balaban J connectivity index is 2.00. The van der Waals surface area contributed by atoms with E-state index in [-0.39, 0.29) is 11.8 Å². The predicted molar refractivity (Wildman–Crippen MR) is 66.7 cm³/mol. The summed E-state index contributed by atoms with van der Waals surface area (Å²) in [5.41, 5.74) is -0.572. The SMILES string of the molecule is CN1[C@@H]2CCC[C@]1(NC(=O)OC(C)(C)C)CC2. The van der Waals surface area contributed by atoms with E-state index in [0.717, 1.165) is 12.8 Å². The molecule has 0 aromatic carbocycles. The van der Waals surface area contributed by atoms with Crippen molar-refractivity contribution in [3.63, 3.8) is 0 Å². The Bertz CT molecular complexity index is 307. The molecular formula is C13H24N2O2. The Morgan fingerprint density at radius 2 is 2.06 bits per heavy atom.